The first-order valence-electron chi connectivity index (χ1n) is 7.55. The molecule has 0 aromatic heterocycles. The molecule has 1 aliphatic heterocycles. The number of hydrogen-bond acceptors (Lipinski definition) is 4. The Balaban J connectivity index is 2.24. The monoisotopic (exact) mass is 300 g/mol. The van der Waals surface area contributed by atoms with Crippen molar-refractivity contribution < 1.29 is 4.79 Å². The molecule has 0 unspecified atom stereocenters. The van der Waals surface area contributed by atoms with Gasteiger partial charge in [-0.2, -0.15) is 0 Å². The van der Waals surface area contributed by atoms with Gasteiger partial charge in [-0.1, -0.05) is 31.2 Å². The molecule has 2 rings (SSSR count). The lowest BCUT2D eigenvalue weighted by Gasteiger charge is -2.35. The number of carbonyl (C=O) groups is 1. The summed E-state index contributed by atoms with van der Waals surface area (Å²) in [7, 11) is 0. The molecular formula is C17H24N4O. The van der Waals surface area contributed by atoms with Gasteiger partial charge in [0.2, 0.25) is 0 Å². The minimum atomic E-state index is -0.172. The van der Waals surface area contributed by atoms with Crippen LogP contribution >= 0.6 is 0 Å². The number of nitrogens with zero attached hydrogens (tertiary/aromatic N) is 1. The summed E-state index contributed by atoms with van der Waals surface area (Å²) in [6.07, 6.45) is 3.06. The van der Waals surface area contributed by atoms with E-state index in [2.05, 4.69) is 12.1 Å². The maximum absolute atomic E-state index is 12.6. The predicted molar refractivity (Wildman–Crippen MR) is 88.2 cm³/mol. The topological polar surface area (TPSA) is 98.4 Å². The molecule has 1 heterocycles. The molecule has 22 heavy (non-hydrogen) atoms. The van der Waals surface area contributed by atoms with Gasteiger partial charge in [-0.15, -0.1) is 0 Å². The van der Waals surface area contributed by atoms with E-state index in [-0.39, 0.29) is 23.5 Å². The average molecular weight is 300 g/mol. The minimum absolute atomic E-state index is 0.00804. The molecule has 6 N–H and O–H groups in total. The minimum Gasteiger partial charge on any atom is -0.394 e. The zero-order valence-electron chi connectivity index (χ0n) is 13.2. The van der Waals surface area contributed by atoms with Gasteiger partial charge in [0.25, 0.3) is 5.91 Å². The number of fused-ring (bicyclic) bond motifs is 1. The molecule has 1 aromatic rings. The van der Waals surface area contributed by atoms with Crippen LogP contribution in [-0.2, 0) is 11.2 Å². The third-order valence-corrected chi connectivity index (χ3v) is 4.18. The van der Waals surface area contributed by atoms with Crippen LogP contribution in [0.2, 0.25) is 0 Å². The number of rotatable bonds is 3. The van der Waals surface area contributed by atoms with Crippen molar-refractivity contribution in [3.05, 3.63) is 58.6 Å². The molecule has 1 aliphatic rings. The SMILES string of the molecule is CCC(/C=C(\N)C(=O)N1CCc2ccccc2[C@H]1C)=C(N)N. The Morgan fingerprint density at radius 2 is 2.00 bits per heavy atom. The van der Waals surface area contributed by atoms with Gasteiger partial charge in [0.1, 0.15) is 0 Å². The van der Waals surface area contributed by atoms with Crippen LogP contribution in [0.5, 0.6) is 0 Å². The maximum Gasteiger partial charge on any atom is 0.270 e. The van der Waals surface area contributed by atoms with Crippen molar-refractivity contribution in [3.63, 3.8) is 0 Å². The number of nitrogens with two attached hydrogens (primary N) is 3. The van der Waals surface area contributed by atoms with E-state index in [0.29, 0.717) is 18.5 Å². The van der Waals surface area contributed by atoms with Crippen molar-refractivity contribution in [3.8, 4) is 0 Å². The van der Waals surface area contributed by atoms with Crippen molar-refractivity contribution >= 4 is 5.91 Å². The number of hydrogen-bond donors (Lipinski definition) is 3. The lowest BCUT2D eigenvalue weighted by Crippen LogP contribution is -2.41. The molecule has 0 bridgehead atoms. The summed E-state index contributed by atoms with van der Waals surface area (Å²) in [5.41, 5.74) is 20.5. The van der Waals surface area contributed by atoms with Gasteiger partial charge in [0.15, 0.2) is 0 Å². The Morgan fingerprint density at radius 1 is 1.32 bits per heavy atom. The van der Waals surface area contributed by atoms with Crippen molar-refractivity contribution in [2.75, 3.05) is 6.54 Å². The molecule has 118 valence electrons. The normalized spacial score (nSPS) is 17.8. The van der Waals surface area contributed by atoms with Gasteiger partial charge >= 0.3 is 0 Å². The Bertz CT molecular complexity index is 629. The van der Waals surface area contributed by atoms with Crippen molar-refractivity contribution in [1.82, 2.24) is 4.90 Å². The summed E-state index contributed by atoms with van der Waals surface area (Å²) in [5.74, 6) is 0.0319. The highest BCUT2D eigenvalue weighted by Crippen LogP contribution is 2.29. The zero-order valence-corrected chi connectivity index (χ0v) is 13.2. The number of allylic oxidation sites excluding steroid dienone is 2. The first kappa shape index (κ1) is 15.9. The highest BCUT2D eigenvalue weighted by Gasteiger charge is 2.28. The molecule has 0 radical (unpaired) electrons. The van der Waals surface area contributed by atoms with E-state index in [9.17, 15) is 4.79 Å². The van der Waals surface area contributed by atoms with Crippen LogP contribution in [0, 0.1) is 0 Å². The standard InChI is InChI=1S/C17H24N4O/c1-3-12(16(19)20)10-15(18)17(22)21-9-8-13-6-4-5-7-14(13)11(21)2/h4-7,10-11H,3,8-9,18-20H2,1-2H3/b15-10-/t11-/m1/s1. The van der Waals surface area contributed by atoms with E-state index >= 15 is 0 Å². The van der Waals surface area contributed by atoms with Gasteiger partial charge in [-0.3, -0.25) is 4.79 Å². The molecule has 1 amide bonds. The van der Waals surface area contributed by atoms with E-state index in [1.54, 1.807) is 11.0 Å². The number of carbonyl (C=O) groups excluding carboxylic acids is 1. The Morgan fingerprint density at radius 3 is 2.64 bits per heavy atom. The Hall–Kier alpha value is -2.43. The molecular weight excluding hydrogens is 276 g/mol. The number of amides is 1. The van der Waals surface area contributed by atoms with Crippen molar-refractivity contribution in [2.45, 2.75) is 32.7 Å². The summed E-state index contributed by atoms with van der Waals surface area (Å²) < 4.78 is 0. The lowest BCUT2D eigenvalue weighted by atomic mass is 9.93. The molecule has 0 aliphatic carbocycles. The fraction of sp³-hybridized carbons (Fsp3) is 0.353. The largest absolute Gasteiger partial charge is 0.394 e. The fourth-order valence-electron chi connectivity index (χ4n) is 2.85. The van der Waals surface area contributed by atoms with E-state index in [0.717, 1.165) is 6.42 Å². The van der Waals surface area contributed by atoms with Gasteiger partial charge in [0.05, 0.1) is 17.6 Å². The second kappa shape index (κ2) is 6.56. The summed E-state index contributed by atoms with van der Waals surface area (Å²) in [6, 6.07) is 8.21. The van der Waals surface area contributed by atoms with Crippen LogP contribution < -0.4 is 17.2 Å². The zero-order chi connectivity index (χ0) is 16.3. The van der Waals surface area contributed by atoms with Gasteiger partial charge < -0.3 is 22.1 Å². The predicted octanol–water partition coefficient (Wildman–Crippen LogP) is 1.51. The summed E-state index contributed by atoms with van der Waals surface area (Å²) in [6.45, 7) is 4.61. The quantitative estimate of drug-likeness (QED) is 0.582. The molecule has 0 spiro atoms. The lowest BCUT2D eigenvalue weighted by molar-refractivity contribution is -0.129. The first-order chi connectivity index (χ1) is 10.5. The third kappa shape index (κ3) is 3.08. The highest BCUT2D eigenvalue weighted by atomic mass is 16.2. The molecule has 0 saturated heterocycles. The van der Waals surface area contributed by atoms with Crippen LogP contribution in [0.25, 0.3) is 0 Å². The first-order valence-corrected chi connectivity index (χ1v) is 7.55. The van der Waals surface area contributed by atoms with Crippen LogP contribution in [0.4, 0.5) is 0 Å². The van der Waals surface area contributed by atoms with E-state index in [1.165, 1.54) is 11.1 Å². The molecule has 0 saturated carbocycles. The maximum atomic E-state index is 12.6. The molecule has 5 nitrogen and oxygen atoms in total. The summed E-state index contributed by atoms with van der Waals surface area (Å²) in [4.78, 5) is 14.4. The van der Waals surface area contributed by atoms with Gasteiger partial charge in [0, 0.05) is 6.54 Å². The van der Waals surface area contributed by atoms with Crippen LogP contribution in [-0.4, -0.2) is 17.4 Å². The molecule has 5 heteroatoms. The summed E-state index contributed by atoms with van der Waals surface area (Å²) >= 11 is 0. The highest BCUT2D eigenvalue weighted by molar-refractivity contribution is 5.93. The fourth-order valence-corrected chi connectivity index (χ4v) is 2.85. The van der Waals surface area contributed by atoms with Crippen LogP contribution in [0.15, 0.2) is 47.4 Å². The Kier molecular flexibility index (Phi) is 4.75. The van der Waals surface area contributed by atoms with Crippen molar-refractivity contribution in [2.24, 2.45) is 17.2 Å². The average Bonchev–Trinajstić information content (AvgIpc) is 2.52. The second-order valence-corrected chi connectivity index (χ2v) is 5.56. The van der Waals surface area contributed by atoms with E-state index < -0.39 is 0 Å². The Labute approximate surface area is 131 Å². The van der Waals surface area contributed by atoms with E-state index in [1.807, 2.05) is 26.0 Å². The number of benzene rings is 1. The molecule has 0 fully saturated rings. The van der Waals surface area contributed by atoms with Crippen LogP contribution in [0.3, 0.4) is 0 Å². The second-order valence-electron chi connectivity index (χ2n) is 5.56. The third-order valence-electron chi connectivity index (χ3n) is 4.18. The molecule has 1 atom stereocenters. The summed E-state index contributed by atoms with van der Waals surface area (Å²) in [5, 5.41) is 0. The smallest absolute Gasteiger partial charge is 0.270 e. The van der Waals surface area contributed by atoms with Crippen molar-refractivity contribution in [1.29, 1.82) is 0 Å². The van der Waals surface area contributed by atoms with Crippen LogP contribution in [0.1, 0.15) is 37.4 Å². The molecule has 1 aromatic carbocycles. The van der Waals surface area contributed by atoms with E-state index in [4.69, 9.17) is 17.2 Å². The van der Waals surface area contributed by atoms with Gasteiger partial charge in [-0.05, 0) is 42.5 Å². The van der Waals surface area contributed by atoms with Gasteiger partial charge in [-0.25, -0.2) is 0 Å².